The summed E-state index contributed by atoms with van der Waals surface area (Å²) in [5, 5.41) is 4.23. The van der Waals surface area contributed by atoms with E-state index in [-0.39, 0.29) is 5.41 Å². The molecular formula is C11H19N3S. The first-order valence-electron chi connectivity index (χ1n) is 5.21. The van der Waals surface area contributed by atoms with E-state index in [9.17, 15) is 0 Å². The molecule has 1 heterocycles. The van der Waals surface area contributed by atoms with Gasteiger partial charge in [-0.15, -0.1) is 0 Å². The van der Waals surface area contributed by atoms with Crippen LogP contribution in [0.4, 0.5) is 0 Å². The Bertz CT molecular complexity index is 341. The first-order chi connectivity index (χ1) is 6.92. The lowest BCUT2D eigenvalue weighted by Crippen LogP contribution is -2.29. The normalized spacial score (nSPS) is 11.7. The van der Waals surface area contributed by atoms with Gasteiger partial charge in [-0.1, -0.05) is 26.1 Å². The predicted octanol–water partition coefficient (Wildman–Crippen LogP) is 2.28. The standard InChI is InChI=1S/C11H19N3S/c1-9-7-13-14(8-9)6-4-5-11(2,3)10(12)15/h7-8H,4-6H2,1-3H3,(H2,12,15). The highest BCUT2D eigenvalue weighted by Crippen LogP contribution is 2.22. The quantitative estimate of drug-likeness (QED) is 0.782. The molecule has 0 radical (unpaired) electrons. The zero-order chi connectivity index (χ0) is 11.5. The Morgan fingerprint density at radius 2 is 2.27 bits per heavy atom. The second kappa shape index (κ2) is 4.75. The minimum absolute atomic E-state index is 0.0441. The van der Waals surface area contributed by atoms with Crippen molar-refractivity contribution >= 4 is 17.2 Å². The largest absolute Gasteiger partial charge is 0.393 e. The van der Waals surface area contributed by atoms with Crippen LogP contribution < -0.4 is 5.73 Å². The molecule has 1 aromatic rings. The van der Waals surface area contributed by atoms with Gasteiger partial charge >= 0.3 is 0 Å². The average molecular weight is 225 g/mol. The van der Waals surface area contributed by atoms with E-state index in [2.05, 4.69) is 18.9 Å². The van der Waals surface area contributed by atoms with Crippen LogP contribution in [0.15, 0.2) is 12.4 Å². The molecule has 0 aliphatic rings. The van der Waals surface area contributed by atoms with Crippen molar-refractivity contribution in [2.75, 3.05) is 0 Å². The lowest BCUT2D eigenvalue weighted by atomic mass is 9.88. The van der Waals surface area contributed by atoms with Gasteiger partial charge < -0.3 is 5.73 Å². The third kappa shape index (κ3) is 3.63. The first kappa shape index (κ1) is 12.2. The molecule has 3 nitrogen and oxygen atoms in total. The van der Waals surface area contributed by atoms with Crippen LogP contribution in [0.5, 0.6) is 0 Å². The number of nitrogens with zero attached hydrogens (tertiary/aromatic N) is 2. The summed E-state index contributed by atoms with van der Waals surface area (Å²) in [6, 6.07) is 0. The fourth-order valence-electron chi connectivity index (χ4n) is 1.40. The Balaban J connectivity index is 2.36. The molecule has 2 N–H and O–H groups in total. The molecule has 0 amide bonds. The van der Waals surface area contributed by atoms with E-state index in [0.717, 1.165) is 19.4 Å². The number of thiocarbonyl (C=S) groups is 1. The van der Waals surface area contributed by atoms with E-state index in [1.807, 2.05) is 24.0 Å². The molecule has 0 spiro atoms. The van der Waals surface area contributed by atoms with Gasteiger partial charge in [-0.25, -0.2) is 0 Å². The summed E-state index contributed by atoms with van der Waals surface area (Å²) in [5.74, 6) is 0. The van der Waals surface area contributed by atoms with E-state index in [0.29, 0.717) is 4.99 Å². The van der Waals surface area contributed by atoms with Crippen LogP contribution in [0.1, 0.15) is 32.3 Å². The van der Waals surface area contributed by atoms with Gasteiger partial charge in [-0.05, 0) is 25.3 Å². The van der Waals surface area contributed by atoms with Crippen molar-refractivity contribution in [2.45, 2.75) is 40.2 Å². The highest BCUT2D eigenvalue weighted by Gasteiger charge is 2.20. The topological polar surface area (TPSA) is 43.8 Å². The Kier molecular flexibility index (Phi) is 3.85. The number of hydrogen-bond acceptors (Lipinski definition) is 2. The van der Waals surface area contributed by atoms with Crippen LogP contribution in [0.25, 0.3) is 0 Å². The van der Waals surface area contributed by atoms with Gasteiger partial charge in [-0.3, -0.25) is 4.68 Å². The lowest BCUT2D eigenvalue weighted by Gasteiger charge is -2.22. The lowest BCUT2D eigenvalue weighted by molar-refractivity contribution is 0.426. The monoisotopic (exact) mass is 225 g/mol. The van der Waals surface area contributed by atoms with Gasteiger partial charge in [0.05, 0.1) is 11.2 Å². The third-order valence-corrected chi connectivity index (χ3v) is 3.17. The van der Waals surface area contributed by atoms with Crippen LogP contribution in [0.3, 0.4) is 0 Å². The van der Waals surface area contributed by atoms with Crippen molar-refractivity contribution in [3.05, 3.63) is 18.0 Å². The van der Waals surface area contributed by atoms with Crippen LogP contribution in [-0.4, -0.2) is 14.8 Å². The van der Waals surface area contributed by atoms with Crippen LogP contribution in [-0.2, 0) is 6.54 Å². The summed E-state index contributed by atoms with van der Waals surface area (Å²) < 4.78 is 1.96. The van der Waals surface area contributed by atoms with E-state index in [1.54, 1.807) is 0 Å². The minimum atomic E-state index is -0.0441. The summed E-state index contributed by atoms with van der Waals surface area (Å²) in [6.45, 7) is 7.15. The van der Waals surface area contributed by atoms with E-state index >= 15 is 0 Å². The number of hydrogen-bond donors (Lipinski definition) is 1. The summed E-state index contributed by atoms with van der Waals surface area (Å²) >= 11 is 5.02. The van der Waals surface area contributed by atoms with Crippen molar-refractivity contribution in [2.24, 2.45) is 11.1 Å². The van der Waals surface area contributed by atoms with Gasteiger partial charge in [-0.2, -0.15) is 5.10 Å². The first-order valence-corrected chi connectivity index (χ1v) is 5.61. The van der Waals surface area contributed by atoms with Crippen LogP contribution in [0, 0.1) is 12.3 Å². The number of rotatable bonds is 5. The van der Waals surface area contributed by atoms with Gasteiger partial charge in [0.1, 0.15) is 0 Å². The van der Waals surface area contributed by atoms with E-state index in [4.69, 9.17) is 18.0 Å². The zero-order valence-corrected chi connectivity index (χ0v) is 10.5. The predicted molar refractivity (Wildman–Crippen MR) is 66.8 cm³/mol. The van der Waals surface area contributed by atoms with Crippen molar-refractivity contribution in [1.82, 2.24) is 9.78 Å². The highest BCUT2D eigenvalue weighted by molar-refractivity contribution is 7.80. The molecule has 84 valence electrons. The molecule has 1 rings (SSSR count). The van der Waals surface area contributed by atoms with Crippen molar-refractivity contribution < 1.29 is 0 Å². The van der Waals surface area contributed by atoms with Crippen LogP contribution >= 0.6 is 12.2 Å². The molecule has 1 aromatic heterocycles. The summed E-state index contributed by atoms with van der Waals surface area (Å²) in [6.07, 6.45) is 5.97. The average Bonchev–Trinajstić information content (AvgIpc) is 2.51. The molecule has 0 aliphatic carbocycles. The Hall–Kier alpha value is -0.900. The van der Waals surface area contributed by atoms with Crippen molar-refractivity contribution in [3.63, 3.8) is 0 Å². The zero-order valence-electron chi connectivity index (χ0n) is 9.66. The second-order valence-corrected chi connectivity index (χ2v) is 5.07. The number of aryl methyl sites for hydroxylation is 2. The van der Waals surface area contributed by atoms with E-state index in [1.165, 1.54) is 5.56 Å². The Labute approximate surface area is 96.7 Å². The maximum atomic E-state index is 5.66. The molecule has 15 heavy (non-hydrogen) atoms. The van der Waals surface area contributed by atoms with Gasteiger partial charge in [0.2, 0.25) is 0 Å². The molecule has 0 saturated carbocycles. The molecule has 0 bridgehead atoms. The molecule has 0 aromatic carbocycles. The molecule has 0 atom stereocenters. The van der Waals surface area contributed by atoms with Crippen molar-refractivity contribution in [1.29, 1.82) is 0 Å². The molecule has 0 fully saturated rings. The van der Waals surface area contributed by atoms with Crippen molar-refractivity contribution in [3.8, 4) is 0 Å². The Morgan fingerprint density at radius 1 is 1.60 bits per heavy atom. The maximum absolute atomic E-state index is 5.66. The molecule has 0 saturated heterocycles. The SMILES string of the molecule is Cc1cnn(CCCC(C)(C)C(N)=S)c1. The van der Waals surface area contributed by atoms with Gasteiger partial charge in [0.15, 0.2) is 0 Å². The second-order valence-electron chi connectivity index (χ2n) is 4.63. The van der Waals surface area contributed by atoms with Crippen LogP contribution in [0.2, 0.25) is 0 Å². The number of nitrogens with two attached hydrogens (primary N) is 1. The van der Waals surface area contributed by atoms with Gasteiger partial charge in [0.25, 0.3) is 0 Å². The fourth-order valence-corrected chi connectivity index (χ4v) is 1.50. The summed E-state index contributed by atoms with van der Waals surface area (Å²) in [5.41, 5.74) is 6.82. The summed E-state index contributed by atoms with van der Waals surface area (Å²) in [7, 11) is 0. The van der Waals surface area contributed by atoms with E-state index < -0.39 is 0 Å². The minimum Gasteiger partial charge on any atom is -0.393 e. The summed E-state index contributed by atoms with van der Waals surface area (Å²) in [4.78, 5) is 0.596. The highest BCUT2D eigenvalue weighted by atomic mass is 32.1. The molecular weight excluding hydrogens is 206 g/mol. The fraction of sp³-hybridized carbons (Fsp3) is 0.636. The number of aromatic nitrogens is 2. The maximum Gasteiger partial charge on any atom is 0.0784 e. The van der Waals surface area contributed by atoms with Gasteiger partial charge in [0, 0.05) is 18.2 Å². The third-order valence-electron chi connectivity index (χ3n) is 2.62. The molecule has 0 aliphatic heterocycles. The smallest absolute Gasteiger partial charge is 0.0784 e. The Morgan fingerprint density at radius 3 is 2.73 bits per heavy atom. The molecule has 4 heteroatoms. The molecule has 0 unspecified atom stereocenters.